The van der Waals surface area contributed by atoms with Gasteiger partial charge in [-0.05, 0) is 19.8 Å². The standard InChI is InChI=1S/C9H15O4/c1-3-13-9(11)7-5-4-6-8(10)12-2/h6H,3-5,7H2,1-2H3. The number of carbonyl (C=O) groups is 2. The van der Waals surface area contributed by atoms with Gasteiger partial charge in [0.1, 0.15) is 0 Å². The lowest BCUT2D eigenvalue weighted by Crippen LogP contribution is -2.05. The average molecular weight is 187 g/mol. The Morgan fingerprint density at radius 2 is 2.08 bits per heavy atom. The molecule has 4 heteroatoms. The van der Waals surface area contributed by atoms with Gasteiger partial charge in [0, 0.05) is 6.42 Å². The van der Waals surface area contributed by atoms with Gasteiger partial charge in [0.15, 0.2) is 0 Å². The van der Waals surface area contributed by atoms with E-state index in [1.165, 1.54) is 13.5 Å². The van der Waals surface area contributed by atoms with Crippen LogP contribution >= 0.6 is 0 Å². The van der Waals surface area contributed by atoms with Gasteiger partial charge in [-0.25, -0.2) is 0 Å². The maximum atomic E-state index is 10.8. The SMILES string of the molecule is CCOC(=O)CCC[CH]C(=O)OC. The molecule has 0 saturated carbocycles. The van der Waals surface area contributed by atoms with Crippen LogP contribution in [0.2, 0.25) is 0 Å². The molecule has 75 valence electrons. The van der Waals surface area contributed by atoms with Crippen molar-refractivity contribution in [3.63, 3.8) is 0 Å². The predicted molar refractivity (Wildman–Crippen MR) is 46.8 cm³/mol. The molecule has 0 unspecified atom stereocenters. The normalized spacial score (nSPS) is 9.38. The van der Waals surface area contributed by atoms with Crippen LogP contribution < -0.4 is 0 Å². The molecule has 0 aliphatic rings. The van der Waals surface area contributed by atoms with Crippen LogP contribution in [0.5, 0.6) is 0 Å². The van der Waals surface area contributed by atoms with E-state index >= 15 is 0 Å². The topological polar surface area (TPSA) is 52.6 Å². The molecule has 0 aromatic carbocycles. The fraction of sp³-hybridized carbons (Fsp3) is 0.667. The van der Waals surface area contributed by atoms with Crippen molar-refractivity contribution in [2.24, 2.45) is 0 Å². The Bertz CT molecular complexity index is 165. The fourth-order valence-electron chi connectivity index (χ4n) is 0.783. The van der Waals surface area contributed by atoms with Crippen LogP contribution in [0.1, 0.15) is 26.2 Å². The molecule has 0 aromatic rings. The van der Waals surface area contributed by atoms with Crippen LogP contribution in [0, 0.1) is 6.42 Å². The van der Waals surface area contributed by atoms with E-state index in [1.807, 2.05) is 0 Å². The molecule has 0 aliphatic carbocycles. The molecule has 1 radical (unpaired) electrons. The smallest absolute Gasteiger partial charge is 0.309 e. The lowest BCUT2D eigenvalue weighted by molar-refractivity contribution is -0.143. The summed E-state index contributed by atoms with van der Waals surface area (Å²) in [5.41, 5.74) is 0. The first-order chi connectivity index (χ1) is 6.20. The largest absolute Gasteiger partial charge is 0.469 e. The van der Waals surface area contributed by atoms with Crippen LogP contribution in [0.15, 0.2) is 0 Å². The minimum absolute atomic E-state index is 0.222. The van der Waals surface area contributed by atoms with Gasteiger partial charge in [-0.1, -0.05) is 0 Å². The molecular weight excluding hydrogens is 172 g/mol. The van der Waals surface area contributed by atoms with Crippen LogP contribution in [-0.2, 0) is 19.1 Å². The zero-order valence-corrected chi connectivity index (χ0v) is 8.04. The fourth-order valence-corrected chi connectivity index (χ4v) is 0.783. The van der Waals surface area contributed by atoms with E-state index in [0.717, 1.165) is 0 Å². The van der Waals surface area contributed by atoms with Crippen LogP contribution in [0.25, 0.3) is 0 Å². The third kappa shape index (κ3) is 7.31. The molecule has 0 atom stereocenters. The summed E-state index contributed by atoms with van der Waals surface area (Å²) in [5.74, 6) is -0.579. The van der Waals surface area contributed by atoms with Crippen molar-refractivity contribution in [1.82, 2.24) is 0 Å². The summed E-state index contributed by atoms with van der Waals surface area (Å²) in [7, 11) is 1.32. The number of esters is 2. The van der Waals surface area contributed by atoms with Crippen molar-refractivity contribution >= 4 is 11.9 Å². The molecule has 0 rings (SSSR count). The van der Waals surface area contributed by atoms with Crippen molar-refractivity contribution in [2.45, 2.75) is 26.2 Å². The summed E-state index contributed by atoms with van der Waals surface area (Å²) in [4.78, 5) is 21.4. The highest BCUT2D eigenvalue weighted by Gasteiger charge is 2.03. The quantitative estimate of drug-likeness (QED) is 0.461. The lowest BCUT2D eigenvalue weighted by Gasteiger charge is -2.00. The molecule has 0 aromatic heterocycles. The third-order valence-corrected chi connectivity index (χ3v) is 1.40. The minimum Gasteiger partial charge on any atom is -0.469 e. The van der Waals surface area contributed by atoms with E-state index < -0.39 is 0 Å². The highest BCUT2D eigenvalue weighted by Crippen LogP contribution is 2.01. The molecular formula is C9H15O4. The summed E-state index contributed by atoms with van der Waals surface area (Å²) in [6.45, 7) is 2.16. The van der Waals surface area contributed by atoms with Crippen molar-refractivity contribution in [2.75, 3.05) is 13.7 Å². The lowest BCUT2D eigenvalue weighted by atomic mass is 10.2. The Labute approximate surface area is 78.2 Å². The summed E-state index contributed by atoms with van der Waals surface area (Å²) < 4.78 is 9.10. The van der Waals surface area contributed by atoms with Crippen LogP contribution in [-0.4, -0.2) is 25.7 Å². The predicted octanol–water partition coefficient (Wildman–Crippen LogP) is 1.10. The summed E-state index contributed by atoms with van der Waals surface area (Å²) in [6, 6.07) is 0. The van der Waals surface area contributed by atoms with Crippen molar-refractivity contribution in [3.8, 4) is 0 Å². The Morgan fingerprint density at radius 1 is 1.38 bits per heavy atom. The van der Waals surface area contributed by atoms with Crippen molar-refractivity contribution in [3.05, 3.63) is 6.42 Å². The molecule has 0 saturated heterocycles. The van der Waals surface area contributed by atoms with Crippen molar-refractivity contribution in [1.29, 1.82) is 0 Å². The highest BCUT2D eigenvalue weighted by atomic mass is 16.5. The molecule has 0 spiro atoms. The monoisotopic (exact) mass is 187 g/mol. The summed E-state index contributed by atoms with van der Waals surface area (Å²) in [6.07, 6.45) is 2.93. The van der Waals surface area contributed by atoms with E-state index in [1.54, 1.807) is 6.92 Å². The van der Waals surface area contributed by atoms with Gasteiger partial charge in [-0.3, -0.25) is 9.59 Å². The molecule has 0 N–H and O–H groups in total. The molecule has 0 fully saturated rings. The number of unbranched alkanes of at least 4 members (excludes halogenated alkanes) is 1. The Morgan fingerprint density at radius 3 is 2.62 bits per heavy atom. The van der Waals surface area contributed by atoms with Gasteiger partial charge in [-0.15, -0.1) is 0 Å². The van der Waals surface area contributed by atoms with Crippen LogP contribution in [0.3, 0.4) is 0 Å². The number of methoxy groups -OCH3 is 1. The first-order valence-corrected chi connectivity index (χ1v) is 4.27. The average Bonchev–Trinajstić information content (AvgIpc) is 2.12. The van der Waals surface area contributed by atoms with E-state index in [0.29, 0.717) is 25.9 Å². The van der Waals surface area contributed by atoms with Gasteiger partial charge < -0.3 is 9.47 Å². The minimum atomic E-state index is -0.358. The van der Waals surface area contributed by atoms with Gasteiger partial charge in [0.25, 0.3) is 0 Å². The first kappa shape index (κ1) is 11.9. The Balaban J connectivity index is 3.25. The second-order valence-electron chi connectivity index (χ2n) is 2.42. The van der Waals surface area contributed by atoms with Crippen LogP contribution in [0.4, 0.5) is 0 Å². The number of hydrogen-bond acceptors (Lipinski definition) is 4. The second kappa shape index (κ2) is 7.58. The van der Waals surface area contributed by atoms with E-state index in [4.69, 9.17) is 4.74 Å². The van der Waals surface area contributed by atoms with Crippen molar-refractivity contribution < 1.29 is 19.1 Å². The van der Waals surface area contributed by atoms with Gasteiger partial charge >= 0.3 is 11.9 Å². The molecule has 4 nitrogen and oxygen atoms in total. The van der Waals surface area contributed by atoms with E-state index in [-0.39, 0.29) is 11.9 Å². The van der Waals surface area contributed by atoms with E-state index in [9.17, 15) is 9.59 Å². The van der Waals surface area contributed by atoms with E-state index in [2.05, 4.69) is 4.74 Å². The zero-order chi connectivity index (χ0) is 10.1. The first-order valence-electron chi connectivity index (χ1n) is 4.27. The zero-order valence-electron chi connectivity index (χ0n) is 8.04. The molecule has 13 heavy (non-hydrogen) atoms. The van der Waals surface area contributed by atoms with Gasteiger partial charge in [0.05, 0.1) is 20.1 Å². The van der Waals surface area contributed by atoms with Gasteiger partial charge in [0.2, 0.25) is 0 Å². The maximum Gasteiger partial charge on any atom is 0.309 e. The molecule has 0 amide bonds. The summed E-state index contributed by atoms with van der Waals surface area (Å²) >= 11 is 0. The molecule has 0 aliphatic heterocycles. The summed E-state index contributed by atoms with van der Waals surface area (Å²) in [5, 5.41) is 0. The Hall–Kier alpha value is -1.06. The maximum absolute atomic E-state index is 10.8. The Kier molecular flexibility index (Phi) is 6.96. The number of ether oxygens (including phenoxy) is 2. The third-order valence-electron chi connectivity index (χ3n) is 1.40. The number of carbonyl (C=O) groups excluding carboxylic acids is 2. The molecule has 0 heterocycles. The highest BCUT2D eigenvalue weighted by molar-refractivity contribution is 5.78. The number of hydrogen-bond donors (Lipinski definition) is 0. The number of rotatable bonds is 6. The van der Waals surface area contributed by atoms with Gasteiger partial charge in [-0.2, -0.15) is 0 Å². The second-order valence-corrected chi connectivity index (χ2v) is 2.42. The molecule has 0 bridgehead atoms.